The summed E-state index contributed by atoms with van der Waals surface area (Å²) >= 11 is 1.64. The predicted octanol–water partition coefficient (Wildman–Crippen LogP) is 4.81. The number of nitrogens with one attached hydrogen (secondary N) is 2. The molecule has 0 bridgehead atoms. The zero-order valence-electron chi connectivity index (χ0n) is 20.0. The van der Waals surface area contributed by atoms with Crippen LogP contribution in [-0.2, 0) is 15.3 Å². The van der Waals surface area contributed by atoms with E-state index in [1.165, 1.54) is 5.56 Å². The summed E-state index contributed by atoms with van der Waals surface area (Å²) in [5.41, 5.74) is 2.10. The van der Waals surface area contributed by atoms with Crippen LogP contribution in [0.5, 0.6) is 0 Å². The zero-order chi connectivity index (χ0) is 24.2. The van der Waals surface area contributed by atoms with Gasteiger partial charge >= 0.3 is 0 Å². The molecule has 7 nitrogen and oxygen atoms in total. The maximum Gasteiger partial charge on any atom is 0.242 e. The summed E-state index contributed by atoms with van der Waals surface area (Å²) in [7, 11) is 1.66. The Balaban J connectivity index is 1.82. The van der Waals surface area contributed by atoms with E-state index in [0.29, 0.717) is 37.1 Å². The van der Waals surface area contributed by atoms with E-state index in [0.717, 1.165) is 22.8 Å². The molecule has 8 heteroatoms. The van der Waals surface area contributed by atoms with Crippen LogP contribution >= 0.6 is 11.8 Å². The molecule has 1 amide bonds. The van der Waals surface area contributed by atoms with Gasteiger partial charge < -0.3 is 15.4 Å². The number of carbonyl (C=O) groups excluding carboxylic acids is 1. The number of amides is 1. The highest BCUT2D eigenvalue weighted by molar-refractivity contribution is 7.98. The fraction of sp³-hybridized carbons (Fsp3) is 0.385. The summed E-state index contributed by atoms with van der Waals surface area (Å²) in [4.78, 5) is 26.5. The highest BCUT2D eigenvalue weighted by Gasteiger charge is 2.21. The Hall–Kier alpha value is -2.97. The monoisotopic (exact) mass is 479 g/mol. The Kier molecular flexibility index (Phi) is 10.3. The van der Waals surface area contributed by atoms with Gasteiger partial charge in [0.1, 0.15) is 16.9 Å². The molecule has 0 aliphatic heterocycles. The summed E-state index contributed by atoms with van der Waals surface area (Å²) < 4.78 is 5.08. The van der Waals surface area contributed by atoms with E-state index in [1.54, 1.807) is 31.3 Å². The van der Waals surface area contributed by atoms with E-state index < -0.39 is 6.04 Å². The van der Waals surface area contributed by atoms with Gasteiger partial charge in [-0.3, -0.25) is 9.78 Å². The smallest absolute Gasteiger partial charge is 0.242 e. The molecule has 0 saturated carbocycles. The number of carbonyl (C=O) groups is 1. The molecule has 3 aromatic rings. The van der Waals surface area contributed by atoms with Crippen LogP contribution in [0.3, 0.4) is 0 Å². The number of pyridine rings is 1. The van der Waals surface area contributed by atoms with E-state index in [4.69, 9.17) is 14.7 Å². The summed E-state index contributed by atoms with van der Waals surface area (Å²) in [6, 6.07) is 15.6. The number of aromatic nitrogens is 3. The first-order chi connectivity index (χ1) is 16.5. The van der Waals surface area contributed by atoms with Crippen molar-refractivity contribution in [1.82, 2.24) is 20.3 Å². The van der Waals surface area contributed by atoms with E-state index >= 15 is 0 Å². The molecule has 0 radical (unpaired) electrons. The highest BCUT2D eigenvalue weighted by Crippen LogP contribution is 2.27. The number of nitrogens with zero attached hydrogens (tertiary/aromatic N) is 3. The third-order valence-corrected chi connectivity index (χ3v) is 6.02. The van der Waals surface area contributed by atoms with Crippen molar-refractivity contribution in [2.45, 2.75) is 43.5 Å². The van der Waals surface area contributed by atoms with Crippen LogP contribution in [0.1, 0.15) is 32.3 Å². The average Bonchev–Trinajstić information content (AvgIpc) is 2.85. The molecule has 1 aromatic carbocycles. The Morgan fingerprint density at radius 3 is 2.56 bits per heavy atom. The van der Waals surface area contributed by atoms with Gasteiger partial charge in [0.05, 0.1) is 0 Å². The van der Waals surface area contributed by atoms with Crippen molar-refractivity contribution in [2.24, 2.45) is 5.92 Å². The van der Waals surface area contributed by atoms with Crippen molar-refractivity contribution in [3.05, 3.63) is 66.5 Å². The van der Waals surface area contributed by atoms with Gasteiger partial charge in [-0.25, -0.2) is 9.97 Å². The van der Waals surface area contributed by atoms with Gasteiger partial charge in [0.15, 0.2) is 5.82 Å². The molecular formula is C26H33N5O2S. The van der Waals surface area contributed by atoms with Gasteiger partial charge in [-0.05, 0) is 36.5 Å². The normalized spacial score (nSPS) is 11.9. The minimum absolute atomic E-state index is 0.0348. The van der Waals surface area contributed by atoms with Crippen molar-refractivity contribution < 1.29 is 9.53 Å². The van der Waals surface area contributed by atoms with Crippen LogP contribution in [0.15, 0.2) is 66.0 Å². The molecule has 2 N–H and O–H groups in total. The fourth-order valence-electron chi connectivity index (χ4n) is 3.37. The molecule has 0 aliphatic carbocycles. The molecule has 180 valence electrons. The number of hydrogen-bond acceptors (Lipinski definition) is 7. The minimum Gasteiger partial charge on any atom is -0.385 e. The molecule has 0 aliphatic rings. The quantitative estimate of drug-likeness (QED) is 0.207. The number of anilines is 1. The molecule has 1 atom stereocenters. The van der Waals surface area contributed by atoms with Crippen LogP contribution in [-0.4, -0.2) is 47.2 Å². The lowest BCUT2D eigenvalue weighted by molar-refractivity contribution is -0.122. The topological polar surface area (TPSA) is 89.0 Å². The van der Waals surface area contributed by atoms with Crippen molar-refractivity contribution in [2.75, 3.05) is 25.6 Å². The molecule has 2 aromatic heterocycles. The fourth-order valence-corrected chi connectivity index (χ4v) is 4.22. The summed E-state index contributed by atoms with van der Waals surface area (Å²) in [6.07, 6.45) is 4.92. The van der Waals surface area contributed by atoms with Gasteiger partial charge in [-0.1, -0.05) is 44.2 Å². The Labute approximate surface area is 206 Å². The molecule has 0 fully saturated rings. The lowest BCUT2D eigenvalue weighted by atomic mass is 10.0. The maximum atomic E-state index is 12.9. The minimum atomic E-state index is -0.394. The van der Waals surface area contributed by atoms with E-state index in [-0.39, 0.29) is 5.91 Å². The zero-order valence-corrected chi connectivity index (χ0v) is 20.8. The molecule has 0 saturated heterocycles. The van der Waals surface area contributed by atoms with E-state index in [1.807, 2.05) is 36.4 Å². The van der Waals surface area contributed by atoms with Crippen LogP contribution in [0.4, 0.5) is 5.82 Å². The highest BCUT2D eigenvalue weighted by atomic mass is 32.2. The second-order valence-electron chi connectivity index (χ2n) is 8.39. The lowest BCUT2D eigenvalue weighted by Crippen LogP contribution is -2.41. The predicted molar refractivity (Wildman–Crippen MR) is 138 cm³/mol. The van der Waals surface area contributed by atoms with Gasteiger partial charge in [-0.15, -0.1) is 11.8 Å². The maximum absolute atomic E-state index is 12.9. The number of ether oxygens (including phenoxy) is 1. The average molecular weight is 480 g/mol. The van der Waals surface area contributed by atoms with Crippen molar-refractivity contribution in [1.29, 1.82) is 0 Å². The largest absolute Gasteiger partial charge is 0.385 e. The van der Waals surface area contributed by atoms with E-state index in [2.05, 4.69) is 41.6 Å². The van der Waals surface area contributed by atoms with Crippen molar-refractivity contribution in [3.63, 3.8) is 0 Å². The Morgan fingerprint density at radius 1 is 1.09 bits per heavy atom. The van der Waals surface area contributed by atoms with Crippen LogP contribution in [0.25, 0.3) is 11.4 Å². The van der Waals surface area contributed by atoms with Gasteiger partial charge in [-0.2, -0.15) is 0 Å². The molecule has 34 heavy (non-hydrogen) atoms. The molecule has 1 unspecified atom stereocenters. The molecule has 0 spiro atoms. The Morgan fingerprint density at radius 2 is 1.85 bits per heavy atom. The first-order valence-corrected chi connectivity index (χ1v) is 12.5. The van der Waals surface area contributed by atoms with Gasteiger partial charge in [0.2, 0.25) is 5.91 Å². The van der Waals surface area contributed by atoms with Crippen LogP contribution in [0.2, 0.25) is 0 Å². The van der Waals surface area contributed by atoms with Gasteiger partial charge in [0, 0.05) is 50.0 Å². The standard InChI is InChI=1S/C26H33N5O2S/c1-19(2)16-22(26(32)28-12-7-15-33-3)29-23-17-24(34-18-20-8-5-4-6-9-20)31-25(30-23)21-10-13-27-14-11-21/h4-6,8-11,13-14,17,19,22H,7,12,15-16,18H2,1-3H3,(H,28,32)(H,29,30,31). The summed E-state index contributed by atoms with van der Waals surface area (Å²) in [5.74, 6) is 2.34. The first kappa shape index (κ1) is 25.6. The lowest BCUT2D eigenvalue weighted by Gasteiger charge is -2.21. The Bertz CT molecular complexity index is 1020. The number of hydrogen-bond donors (Lipinski definition) is 2. The second-order valence-corrected chi connectivity index (χ2v) is 9.38. The number of thioether (sulfide) groups is 1. The number of benzene rings is 1. The number of methoxy groups -OCH3 is 1. The SMILES string of the molecule is COCCCNC(=O)C(CC(C)C)Nc1cc(SCc2ccccc2)nc(-c2ccncc2)n1. The summed E-state index contributed by atoms with van der Waals surface area (Å²) in [5, 5.41) is 7.23. The first-order valence-electron chi connectivity index (χ1n) is 11.5. The number of rotatable bonds is 13. The van der Waals surface area contributed by atoms with E-state index in [9.17, 15) is 4.79 Å². The van der Waals surface area contributed by atoms with Crippen molar-refractivity contribution >= 4 is 23.5 Å². The summed E-state index contributed by atoms with van der Waals surface area (Å²) in [6.45, 7) is 5.41. The second kappa shape index (κ2) is 13.7. The van der Waals surface area contributed by atoms with Crippen LogP contribution in [0, 0.1) is 5.92 Å². The molecule has 3 rings (SSSR count). The third-order valence-electron chi connectivity index (χ3n) is 5.04. The molecular weight excluding hydrogens is 446 g/mol. The third kappa shape index (κ3) is 8.43. The van der Waals surface area contributed by atoms with Crippen LogP contribution < -0.4 is 10.6 Å². The van der Waals surface area contributed by atoms with Gasteiger partial charge in [0.25, 0.3) is 0 Å². The van der Waals surface area contributed by atoms with Crippen molar-refractivity contribution in [3.8, 4) is 11.4 Å². The molecule has 2 heterocycles.